The zero-order chi connectivity index (χ0) is 16.2. The van der Waals surface area contributed by atoms with Crippen molar-refractivity contribution in [3.63, 3.8) is 0 Å². The lowest BCUT2D eigenvalue weighted by Crippen LogP contribution is -2.32. The van der Waals surface area contributed by atoms with E-state index in [4.69, 9.17) is 5.73 Å². The van der Waals surface area contributed by atoms with Crippen LogP contribution in [0.25, 0.3) is 0 Å². The van der Waals surface area contributed by atoms with Crippen LogP contribution in [0.5, 0.6) is 5.75 Å². The average molecular weight is 295 g/mol. The summed E-state index contributed by atoms with van der Waals surface area (Å²) >= 11 is 0. The first-order valence-electron chi connectivity index (χ1n) is 6.62. The SMILES string of the molecule is CC(C)(C)CC(CN)C(=O)Nc1cc([N+](=O)[O-])ccc1O. The normalized spacial score (nSPS) is 12.8. The molecular formula is C14H21N3O4. The molecule has 1 amide bonds. The van der Waals surface area contributed by atoms with E-state index in [1.54, 1.807) is 0 Å². The molecule has 0 radical (unpaired) electrons. The minimum absolute atomic E-state index is 0.0153. The molecule has 1 atom stereocenters. The first-order valence-corrected chi connectivity index (χ1v) is 6.62. The molecule has 1 rings (SSSR count). The summed E-state index contributed by atoms with van der Waals surface area (Å²) in [5.74, 6) is -1.01. The molecule has 4 N–H and O–H groups in total. The van der Waals surface area contributed by atoms with Gasteiger partial charge in [-0.3, -0.25) is 14.9 Å². The van der Waals surface area contributed by atoms with E-state index in [1.807, 2.05) is 20.8 Å². The van der Waals surface area contributed by atoms with Crippen molar-refractivity contribution in [3.8, 4) is 5.75 Å². The van der Waals surface area contributed by atoms with E-state index in [0.29, 0.717) is 6.42 Å². The molecule has 0 aliphatic heterocycles. The van der Waals surface area contributed by atoms with Crippen LogP contribution < -0.4 is 11.1 Å². The number of phenolic OH excluding ortho intramolecular Hbond substituents is 1. The Morgan fingerprint density at radius 1 is 1.48 bits per heavy atom. The van der Waals surface area contributed by atoms with E-state index in [9.17, 15) is 20.0 Å². The van der Waals surface area contributed by atoms with Crippen LogP contribution >= 0.6 is 0 Å². The fourth-order valence-corrected chi connectivity index (χ4v) is 1.99. The maximum atomic E-state index is 12.2. The van der Waals surface area contributed by atoms with Crippen molar-refractivity contribution in [2.24, 2.45) is 17.1 Å². The van der Waals surface area contributed by atoms with Gasteiger partial charge in [0.2, 0.25) is 5.91 Å². The lowest BCUT2D eigenvalue weighted by Gasteiger charge is -2.24. The minimum atomic E-state index is -0.593. The second-order valence-corrected chi connectivity index (χ2v) is 6.15. The van der Waals surface area contributed by atoms with Gasteiger partial charge >= 0.3 is 0 Å². The standard InChI is InChI=1S/C14H21N3O4/c1-14(2,3)7-9(8-15)13(19)16-11-6-10(17(20)21)4-5-12(11)18/h4-6,9,18H,7-8,15H2,1-3H3,(H,16,19). The fraction of sp³-hybridized carbons (Fsp3) is 0.500. The molecule has 116 valence electrons. The second kappa shape index (κ2) is 6.53. The largest absolute Gasteiger partial charge is 0.506 e. The highest BCUT2D eigenvalue weighted by molar-refractivity contribution is 5.94. The Hall–Kier alpha value is -2.15. The second-order valence-electron chi connectivity index (χ2n) is 6.15. The first kappa shape index (κ1) is 16.9. The van der Waals surface area contributed by atoms with Crippen LogP contribution in [-0.4, -0.2) is 22.5 Å². The van der Waals surface area contributed by atoms with Gasteiger partial charge in [-0.05, 0) is 17.9 Å². The smallest absolute Gasteiger partial charge is 0.271 e. The number of nitrogens with one attached hydrogen (secondary N) is 1. The summed E-state index contributed by atoms with van der Waals surface area (Å²) in [6.07, 6.45) is 0.574. The van der Waals surface area contributed by atoms with Crippen molar-refractivity contribution in [1.82, 2.24) is 0 Å². The number of anilines is 1. The van der Waals surface area contributed by atoms with E-state index in [1.165, 1.54) is 12.1 Å². The quantitative estimate of drug-likeness (QED) is 0.437. The van der Waals surface area contributed by atoms with E-state index < -0.39 is 10.8 Å². The van der Waals surface area contributed by atoms with E-state index in [-0.39, 0.29) is 35.0 Å². The fourth-order valence-electron chi connectivity index (χ4n) is 1.99. The number of carbonyl (C=O) groups excluding carboxylic acids is 1. The number of nitrogens with two attached hydrogens (primary N) is 1. The van der Waals surface area contributed by atoms with Gasteiger partial charge in [-0.15, -0.1) is 0 Å². The summed E-state index contributed by atoms with van der Waals surface area (Å²) in [7, 11) is 0. The third-order valence-electron chi connectivity index (χ3n) is 2.96. The molecule has 7 heteroatoms. The van der Waals surface area contributed by atoms with Gasteiger partial charge in [0.15, 0.2) is 0 Å². The Bertz CT molecular complexity index is 538. The molecular weight excluding hydrogens is 274 g/mol. The highest BCUT2D eigenvalue weighted by atomic mass is 16.6. The van der Waals surface area contributed by atoms with Gasteiger partial charge in [-0.1, -0.05) is 20.8 Å². The van der Waals surface area contributed by atoms with Crippen LogP contribution in [0.4, 0.5) is 11.4 Å². The zero-order valence-electron chi connectivity index (χ0n) is 12.4. The molecule has 0 aliphatic carbocycles. The summed E-state index contributed by atoms with van der Waals surface area (Å²) in [6, 6.07) is 3.47. The summed E-state index contributed by atoms with van der Waals surface area (Å²) < 4.78 is 0. The number of carbonyl (C=O) groups is 1. The predicted molar refractivity (Wildman–Crippen MR) is 80.0 cm³/mol. The molecule has 1 aromatic rings. The summed E-state index contributed by atoms with van der Waals surface area (Å²) in [5.41, 5.74) is 5.35. The molecule has 0 saturated heterocycles. The number of hydrogen-bond donors (Lipinski definition) is 3. The van der Waals surface area contributed by atoms with Crippen molar-refractivity contribution in [2.75, 3.05) is 11.9 Å². The Morgan fingerprint density at radius 3 is 2.57 bits per heavy atom. The molecule has 7 nitrogen and oxygen atoms in total. The highest BCUT2D eigenvalue weighted by Gasteiger charge is 2.24. The lowest BCUT2D eigenvalue weighted by molar-refractivity contribution is -0.384. The molecule has 0 aliphatic rings. The number of rotatable bonds is 5. The maximum Gasteiger partial charge on any atom is 0.271 e. The van der Waals surface area contributed by atoms with Gasteiger partial charge in [0, 0.05) is 18.7 Å². The number of amides is 1. The van der Waals surface area contributed by atoms with Gasteiger partial charge in [-0.2, -0.15) is 0 Å². The summed E-state index contributed by atoms with van der Waals surface area (Å²) in [6.45, 7) is 6.15. The number of nitro benzene ring substituents is 1. The van der Waals surface area contributed by atoms with Gasteiger partial charge in [-0.25, -0.2) is 0 Å². The topological polar surface area (TPSA) is 118 Å². The molecule has 0 bridgehead atoms. The number of aromatic hydroxyl groups is 1. The number of nitrogens with zero attached hydrogens (tertiary/aromatic N) is 1. The Morgan fingerprint density at radius 2 is 2.10 bits per heavy atom. The molecule has 21 heavy (non-hydrogen) atoms. The van der Waals surface area contributed by atoms with Gasteiger partial charge in [0.1, 0.15) is 5.75 Å². The van der Waals surface area contributed by atoms with Gasteiger partial charge < -0.3 is 16.2 Å². The maximum absolute atomic E-state index is 12.2. The van der Waals surface area contributed by atoms with Gasteiger partial charge in [0.05, 0.1) is 16.5 Å². The van der Waals surface area contributed by atoms with Crippen LogP contribution in [0.15, 0.2) is 18.2 Å². The van der Waals surface area contributed by atoms with Crippen LogP contribution in [0, 0.1) is 21.4 Å². The third-order valence-corrected chi connectivity index (χ3v) is 2.96. The molecule has 1 aromatic carbocycles. The molecule has 0 saturated carbocycles. The molecule has 0 aromatic heterocycles. The monoisotopic (exact) mass is 295 g/mol. The number of benzene rings is 1. The van der Waals surface area contributed by atoms with Crippen LogP contribution in [0.1, 0.15) is 27.2 Å². The number of nitro groups is 1. The highest BCUT2D eigenvalue weighted by Crippen LogP contribution is 2.30. The van der Waals surface area contributed by atoms with E-state index >= 15 is 0 Å². The Balaban J connectivity index is 2.91. The average Bonchev–Trinajstić information content (AvgIpc) is 2.37. The lowest BCUT2D eigenvalue weighted by atomic mass is 9.84. The number of non-ortho nitro benzene ring substituents is 1. The van der Waals surface area contributed by atoms with Crippen LogP contribution in [0.2, 0.25) is 0 Å². The third kappa shape index (κ3) is 5.03. The molecule has 0 fully saturated rings. The Kier molecular flexibility index (Phi) is 5.26. The summed E-state index contributed by atoms with van der Waals surface area (Å²) in [4.78, 5) is 22.3. The zero-order valence-corrected chi connectivity index (χ0v) is 12.4. The van der Waals surface area contributed by atoms with Crippen molar-refractivity contribution < 1.29 is 14.8 Å². The van der Waals surface area contributed by atoms with Crippen LogP contribution in [-0.2, 0) is 4.79 Å². The first-order chi connectivity index (χ1) is 9.64. The van der Waals surface area contributed by atoms with Crippen molar-refractivity contribution in [3.05, 3.63) is 28.3 Å². The van der Waals surface area contributed by atoms with E-state index in [2.05, 4.69) is 5.32 Å². The van der Waals surface area contributed by atoms with Crippen molar-refractivity contribution in [1.29, 1.82) is 0 Å². The van der Waals surface area contributed by atoms with Crippen molar-refractivity contribution >= 4 is 17.3 Å². The molecule has 0 heterocycles. The number of hydrogen-bond acceptors (Lipinski definition) is 5. The van der Waals surface area contributed by atoms with Gasteiger partial charge in [0.25, 0.3) is 5.69 Å². The van der Waals surface area contributed by atoms with Crippen LogP contribution in [0.3, 0.4) is 0 Å². The number of phenols is 1. The summed E-state index contributed by atoms with van der Waals surface area (Å²) in [5, 5.41) is 22.9. The molecule has 0 spiro atoms. The van der Waals surface area contributed by atoms with Crippen molar-refractivity contribution in [2.45, 2.75) is 27.2 Å². The van der Waals surface area contributed by atoms with E-state index in [0.717, 1.165) is 6.07 Å². The Labute approximate surface area is 123 Å². The predicted octanol–water partition coefficient (Wildman–Crippen LogP) is 2.25. The molecule has 1 unspecified atom stereocenters. The minimum Gasteiger partial charge on any atom is -0.506 e.